The Bertz CT molecular complexity index is 642. The summed E-state index contributed by atoms with van der Waals surface area (Å²) in [6.07, 6.45) is 0. The molecule has 0 amide bonds. The zero-order valence-corrected chi connectivity index (χ0v) is 12.5. The average Bonchev–Trinajstić information content (AvgIpc) is 2.51. The molecule has 21 heavy (non-hydrogen) atoms. The summed E-state index contributed by atoms with van der Waals surface area (Å²) < 4.78 is 5.21. The highest BCUT2D eigenvalue weighted by atomic mass is 16.5. The van der Waals surface area contributed by atoms with Gasteiger partial charge in [-0.05, 0) is 29.8 Å². The van der Waals surface area contributed by atoms with E-state index in [2.05, 4.69) is 47.2 Å². The number of fused-ring (bicyclic) bond motifs is 1. The largest absolute Gasteiger partial charge is 0.495 e. The standard InChI is InChI=1S/C17H21N3O/c1-19-9-10-20(16-6-4-3-5-15(16)19)12-13-7-8-17(21-2)14(18)11-13/h3-8,11H,9-10,12,18H2,1-2H3. The third kappa shape index (κ3) is 2.61. The Morgan fingerprint density at radius 2 is 1.86 bits per heavy atom. The van der Waals surface area contributed by atoms with Gasteiger partial charge in [-0.2, -0.15) is 0 Å². The number of rotatable bonds is 3. The SMILES string of the molecule is COc1ccc(CN2CCN(C)c3ccccc32)cc1N. The van der Waals surface area contributed by atoms with Gasteiger partial charge in [-0.15, -0.1) is 0 Å². The van der Waals surface area contributed by atoms with E-state index < -0.39 is 0 Å². The number of methoxy groups -OCH3 is 1. The quantitative estimate of drug-likeness (QED) is 0.880. The minimum Gasteiger partial charge on any atom is -0.495 e. The van der Waals surface area contributed by atoms with E-state index in [1.807, 2.05) is 12.1 Å². The molecule has 0 aromatic heterocycles. The lowest BCUT2D eigenvalue weighted by atomic mass is 10.1. The first-order valence-corrected chi connectivity index (χ1v) is 7.16. The van der Waals surface area contributed by atoms with Crippen molar-refractivity contribution in [3.63, 3.8) is 0 Å². The maximum atomic E-state index is 6.00. The molecule has 2 N–H and O–H groups in total. The van der Waals surface area contributed by atoms with Gasteiger partial charge in [-0.25, -0.2) is 0 Å². The van der Waals surface area contributed by atoms with Gasteiger partial charge in [0.1, 0.15) is 5.75 Å². The monoisotopic (exact) mass is 283 g/mol. The molecule has 1 aliphatic heterocycles. The molecule has 0 atom stereocenters. The first kappa shape index (κ1) is 13.6. The van der Waals surface area contributed by atoms with E-state index in [1.54, 1.807) is 7.11 Å². The number of nitrogen functional groups attached to an aromatic ring is 1. The van der Waals surface area contributed by atoms with E-state index >= 15 is 0 Å². The summed E-state index contributed by atoms with van der Waals surface area (Å²) in [7, 11) is 3.78. The van der Waals surface area contributed by atoms with E-state index in [1.165, 1.54) is 16.9 Å². The molecule has 0 saturated carbocycles. The lowest BCUT2D eigenvalue weighted by Gasteiger charge is -2.37. The number of benzene rings is 2. The molecule has 3 rings (SSSR count). The van der Waals surface area contributed by atoms with Crippen LogP contribution in [0.4, 0.5) is 17.1 Å². The van der Waals surface area contributed by atoms with Crippen molar-refractivity contribution in [2.45, 2.75) is 6.54 Å². The predicted octanol–water partition coefficient (Wildman–Crippen LogP) is 2.73. The van der Waals surface area contributed by atoms with Crippen LogP contribution in [0, 0.1) is 0 Å². The van der Waals surface area contributed by atoms with Crippen molar-refractivity contribution in [3.8, 4) is 5.75 Å². The van der Waals surface area contributed by atoms with E-state index in [4.69, 9.17) is 10.5 Å². The van der Waals surface area contributed by atoms with Crippen LogP contribution >= 0.6 is 0 Å². The molecule has 0 radical (unpaired) electrons. The minimum atomic E-state index is 0.692. The molecular weight excluding hydrogens is 262 g/mol. The van der Waals surface area contributed by atoms with Crippen molar-refractivity contribution in [2.24, 2.45) is 0 Å². The maximum absolute atomic E-state index is 6.00. The number of anilines is 3. The average molecular weight is 283 g/mol. The molecule has 4 heteroatoms. The van der Waals surface area contributed by atoms with Crippen LogP contribution in [-0.2, 0) is 6.54 Å². The number of likely N-dealkylation sites (N-methyl/N-ethyl adjacent to an activating group) is 1. The minimum absolute atomic E-state index is 0.692. The topological polar surface area (TPSA) is 41.7 Å². The highest BCUT2D eigenvalue weighted by Crippen LogP contribution is 2.33. The van der Waals surface area contributed by atoms with Crippen LogP contribution in [-0.4, -0.2) is 27.2 Å². The van der Waals surface area contributed by atoms with Gasteiger partial charge in [-0.1, -0.05) is 18.2 Å². The van der Waals surface area contributed by atoms with Crippen LogP contribution in [0.2, 0.25) is 0 Å². The fraction of sp³-hybridized carbons (Fsp3) is 0.294. The molecule has 0 bridgehead atoms. The number of nitrogens with zero attached hydrogens (tertiary/aromatic N) is 2. The smallest absolute Gasteiger partial charge is 0.141 e. The van der Waals surface area contributed by atoms with Crippen LogP contribution in [0.15, 0.2) is 42.5 Å². The predicted molar refractivity (Wildman–Crippen MR) is 88.2 cm³/mol. The van der Waals surface area contributed by atoms with E-state index in [-0.39, 0.29) is 0 Å². The molecular formula is C17H21N3O. The number of hydrogen-bond acceptors (Lipinski definition) is 4. The van der Waals surface area contributed by atoms with Crippen molar-refractivity contribution in [1.29, 1.82) is 0 Å². The number of ether oxygens (including phenoxy) is 1. The van der Waals surface area contributed by atoms with Gasteiger partial charge in [0.05, 0.1) is 24.2 Å². The molecule has 1 heterocycles. The fourth-order valence-electron chi connectivity index (χ4n) is 2.83. The highest BCUT2D eigenvalue weighted by Gasteiger charge is 2.19. The maximum Gasteiger partial charge on any atom is 0.141 e. The second-order valence-corrected chi connectivity index (χ2v) is 5.41. The molecule has 0 spiro atoms. The van der Waals surface area contributed by atoms with Crippen LogP contribution in [0.1, 0.15) is 5.56 Å². The summed E-state index contributed by atoms with van der Waals surface area (Å²) in [5, 5.41) is 0. The van der Waals surface area contributed by atoms with Crippen LogP contribution in [0.25, 0.3) is 0 Å². The molecule has 0 fully saturated rings. The summed E-state index contributed by atoms with van der Waals surface area (Å²) in [6, 6.07) is 14.5. The lowest BCUT2D eigenvalue weighted by Crippen LogP contribution is -2.38. The van der Waals surface area contributed by atoms with Crippen molar-refractivity contribution in [3.05, 3.63) is 48.0 Å². The zero-order chi connectivity index (χ0) is 14.8. The van der Waals surface area contributed by atoms with Crippen LogP contribution in [0.5, 0.6) is 5.75 Å². The van der Waals surface area contributed by atoms with E-state index in [9.17, 15) is 0 Å². The fourth-order valence-corrected chi connectivity index (χ4v) is 2.83. The van der Waals surface area contributed by atoms with Gasteiger partial charge in [0, 0.05) is 26.7 Å². The Hall–Kier alpha value is -2.36. The molecule has 2 aromatic carbocycles. The third-order valence-electron chi connectivity index (χ3n) is 4.01. The van der Waals surface area contributed by atoms with E-state index in [0.717, 1.165) is 25.4 Å². The first-order valence-electron chi connectivity index (χ1n) is 7.16. The second-order valence-electron chi connectivity index (χ2n) is 5.41. The Kier molecular flexibility index (Phi) is 3.60. The summed E-state index contributed by atoms with van der Waals surface area (Å²) in [4.78, 5) is 4.70. The molecule has 110 valence electrons. The number of para-hydroxylation sites is 2. The molecule has 2 aromatic rings. The van der Waals surface area contributed by atoms with Crippen molar-refractivity contribution in [2.75, 3.05) is 42.8 Å². The Labute approximate surface area is 125 Å². The summed E-state index contributed by atoms with van der Waals surface area (Å²) >= 11 is 0. The van der Waals surface area contributed by atoms with Crippen LogP contribution in [0.3, 0.4) is 0 Å². The number of nitrogens with two attached hydrogens (primary N) is 1. The molecule has 0 saturated heterocycles. The molecule has 0 unspecified atom stereocenters. The summed E-state index contributed by atoms with van der Waals surface area (Å²) in [5.41, 5.74) is 10.5. The highest BCUT2D eigenvalue weighted by molar-refractivity contribution is 5.73. The van der Waals surface area contributed by atoms with Gasteiger partial charge in [0.2, 0.25) is 0 Å². The summed E-state index contributed by atoms with van der Waals surface area (Å²) in [6.45, 7) is 2.90. The Morgan fingerprint density at radius 3 is 2.57 bits per heavy atom. The third-order valence-corrected chi connectivity index (χ3v) is 4.01. The van der Waals surface area contributed by atoms with Gasteiger partial charge in [-0.3, -0.25) is 0 Å². The van der Waals surface area contributed by atoms with E-state index in [0.29, 0.717) is 5.69 Å². The van der Waals surface area contributed by atoms with Gasteiger partial charge in [0.25, 0.3) is 0 Å². The lowest BCUT2D eigenvalue weighted by molar-refractivity contribution is 0.417. The summed E-state index contributed by atoms with van der Waals surface area (Å²) in [5.74, 6) is 0.734. The Balaban J connectivity index is 1.86. The van der Waals surface area contributed by atoms with Crippen molar-refractivity contribution < 1.29 is 4.74 Å². The molecule has 4 nitrogen and oxygen atoms in total. The second kappa shape index (κ2) is 5.56. The first-order chi connectivity index (χ1) is 10.2. The normalized spacial score (nSPS) is 14.0. The Morgan fingerprint density at radius 1 is 1.10 bits per heavy atom. The van der Waals surface area contributed by atoms with Crippen LogP contribution < -0.4 is 20.3 Å². The van der Waals surface area contributed by atoms with Gasteiger partial charge in [0.15, 0.2) is 0 Å². The molecule has 1 aliphatic rings. The zero-order valence-electron chi connectivity index (χ0n) is 12.5. The van der Waals surface area contributed by atoms with Crippen molar-refractivity contribution in [1.82, 2.24) is 0 Å². The van der Waals surface area contributed by atoms with Crippen molar-refractivity contribution >= 4 is 17.1 Å². The van der Waals surface area contributed by atoms with Gasteiger partial charge < -0.3 is 20.3 Å². The van der Waals surface area contributed by atoms with Gasteiger partial charge >= 0.3 is 0 Å². The number of hydrogen-bond donors (Lipinski definition) is 1. The molecule has 0 aliphatic carbocycles.